The summed E-state index contributed by atoms with van der Waals surface area (Å²) in [5, 5.41) is 3.32. The quantitative estimate of drug-likeness (QED) is 0.798. The van der Waals surface area contributed by atoms with Crippen molar-refractivity contribution < 1.29 is 9.13 Å². The third-order valence-corrected chi connectivity index (χ3v) is 2.39. The van der Waals surface area contributed by atoms with Gasteiger partial charge in [0.05, 0.1) is 6.04 Å². The molecule has 0 radical (unpaired) electrons. The van der Waals surface area contributed by atoms with E-state index in [4.69, 9.17) is 4.74 Å². The third kappa shape index (κ3) is 1.73. The van der Waals surface area contributed by atoms with Gasteiger partial charge in [-0.3, -0.25) is 0 Å². The molecule has 1 atom stereocenters. The molecule has 76 valence electrons. The van der Waals surface area contributed by atoms with Gasteiger partial charge < -0.3 is 10.1 Å². The zero-order chi connectivity index (χ0) is 9.97. The van der Waals surface area contributed by atoms with Crippen molar-refractivity contribution in [2.45, 2.75) is 19.4 Å². The van der Waals surface area contributed by atoms with Gasteiger partial charge in [0.2, 0.25) is 0 Å². The lowest BCUT2D eigenvalue weighted by Gasteiger charge is -2.09. The van der Waals surface area contributed by atoms with Crippen LogP contribution in [0.4, 0.5) is 4.39 Å². The van der Waals surface area contributed by atoms with Crippen molar-refractivity contribution in [2.75, 3.05) is 13.2 Å². The Bertz CT molecular complexity index is 327. The predicted molar refractivity (Wildman–Crippen MR) is 52.9 cm³/mol. The Balaban J connectivity index is 2.16. The van der Waals surface area contributed by atoms with E-state index in [2.05, 4.69) is 12.2 Å². The van der Waals surface area contributed by atoms with Crippen LogP contribution in [0.25, 0.3) is 0 Å². The Labute approximate surface area is 83.1 Å². The van der Waals surface area contributed by atoms with E-state index in [9.17, 15) is 4.39 Å². The van der Waals surface area contributed by atoms with Gasteiger partial charge in [0.1, 0.15) is 18.2 Å². The number of benzene rings is 1. The summed E-state index contributed by atoms with van der Waals surface area (Å²) in [7, 11) is 0. The lowest BCUT2D eigenvalue weighted by Crippen LogP contribution is -2.23. The highest BCUT2D eigenvalue weighted by Crippen LogP contribution is 2.32. The maximum Gasteiger partial charge on any atom is 0.124 e. The molecule has 14 heavy (non-hydrogen) atoms. The molecule has 1 aromatic carbocycles. The van der Waals surface area contributed by atoms with E-state index in [1.165, 1.54) is 6.07 Å². The number of rotatable bonds is 3. The van der Waals surface area contributed by atoms with Gasteiger partial charge in [0, 0.05) is 5.56 Å². The van der Waals surface area contributed by atoms with Crippen LogP contribution < -0.4 is 10.1 Å². The normalized spacial score (nSPS) is 19.1. The third-order valence-electron chi connectivity index (χ3n) is 2.39. The molecule has 0 amide bonds. The van der Waals surface area contributed by atoms with Gasteiger partial charge >= 0.3 is 0 Å². The Morgan fingerprint density at radius 1 is 1.57 bits per heavy atom. The highest BCUT2D eigenvalue weighted by Gasteiger charge is 2.23. The molecule has 0 bridgehead atoms. The summed E-state index contributed by atoms with van der Waals surface area (Å²) < 4.78 is 18.4. The first-order valence-electron chi connectivity index (χ1n) is 4.97. The molecule has 1 aliphatic heterocycles. The van der Waals surface area contributed by atoms with Crippen molar-refractivity contribution in [1.82, 2.24) is 5.32 Å². The molecule has 0 spiro atoms. The van der Waals surface area contributed by atoms with Gasteiger partial charge in [-0.1, -0.05) is 6.92 Å². The average Bonchev–Trinajstić information content (AvgIpc) is 2.57. The van der Waals surface area contributed by atoms with Crippen LogP contribution >= 0.6 is 0 Å². The summed E-state index contributed by atoms with van der Waals surface area (Å²) in [5.74, 6) is 0.609. The monoisotopic (exact) mass is 195 g/mol. The van der Waals surface area contributed by atoms with Crippen LogP contribution in [0.3, 0.4) is 0 Å². The Morgan fingerprint density at radius 2 is 2.43 bits per heavy atom. The van der Waals surface area contributed by atoms with Crippen LogP contribution in [0, 0.1) is 5.82 Å². The zero-order valence-electron chi connectivity index (χ0n) is 8.22. The van der Waals surface area contributed by atoms with Crippen molar-refractivity contribution in [3.63, 3.8) is 0 Å². The summed E-state index contributed by atoms with van der Waals surface area (Å²) >= 11 is 0. The molecule has 0 aromatic heterocycles. The molecule has 1 N–H and O–H groups in total. The number of hydrogen-bond acceptors (Lipinski definition) is 2. The minimum absolute atomic E-state index is 0.153. The SMILES string of the molecule is CCCNC1COc2ccc(F)cc21. The van der Waals surface area contributed by atoms with Crippen LogP contribution in [0.5, 0.6) is 5.75 Å². The summed E-state index contributed by atoms with van der Waals surface area (Å²) in [6.45, 7) is 3.65. The maximum absolute atomic E-state index is 13.0. The van der Waals surface area contributed by atoms with Crippen molar-refractivity contribution >= 4 is 0 Å². The second-order valence-electron chi connectivity index (χ2n) is 3.50. The second kappa shape index (κ2) is 3.96. The highest BCUT2D eigenvalue weighted by molar-refractivity contribution is 5.39. The summed E-state index contributed by atoms with van der Waals surface area (Å²) in [6, 6.07) is 4.83. The molecule has 0 saturated heterocycles. The standard InChI is InChI=1S/C11H14FNO/c1-2-5-13-10-7-14-11-4-3-8(12)6-9(10)11/h3-4,6,10,13H,2,5,7H2,1H3. The van der Waals surface area contributed by atoms with E-state index < -0.39 is 0 Å². The number of fused-ring (bicyclic) bond motifs is 1. The number of nitrogens with one attached hydrogen (secondary N) is 1. The fraction of sp³-hybridized carbons (Fsp3) is 0.455. The fourth-order valence-electron chi connectivity index (χ4n) is 1.67. The lowest BCUT2D eigenvalue weighted by atomic mass is 10.1. The molecule has 0 aliphatic carbocycles. The predicted octanol–water partition coefficient (Wildman–Crippen LogP) is 2.26. The lowest BCUT2D eigenvalue weighted by molar-refractivity contribution is 0.311. The molecular weight excluding hydrogens is 181 g/mol. The topological polar surface area (TPSA) is 21.3 Å². The van der Waals surface area contributed by atoms with E-state index in [-0.39, 0.29) is 11.9 Å². The average molecular weight is 195 g/mol. The molecule has 1 aliphatic rings. The molecule has 1 heterocycles. The van der Waals surface area contributed by atoms with E-state index in [1.54, 1.807) is 12.1 Å². The second-order valence-corrected chi connectivity index (χ2v) is 3.50. The largest absolute Gasteiger partial charge is 0.491 e. The number of hydrogen-bond donors (Lipinski definition) is 1. The van der Waals surface area contributed by atoms with Crippen LogP contribution in [0.1, 0.15) is 24.9 Å². The highest BCUT2D eigenvalue weighted by atomic mass is 19.1. The molecule has 1 unspecified atom stereocenters. The Hall–Kier alpha value is -1.09. The van der Waals surface area contributed by atoms with Crippen LogP contribution in [-0.2, 0) is 0 Å². The molecule has 0 fully saturated rings. The van der Waals surface area contributed by atoms with E-state index in [0.717, 1.165) is 24.3 Å². The molecule has 2 rings (SSSR count). The Morgan fingerprint density at radius 3 is 3.21 bits per heavy atom. The van der Waals surface area contributed by atoms with E-state index in [0.29, 0.717) is 6.61 Å². The summed E-state index contributed by atoms with van der Waals surface area (Å²) in [5.41, 5.74) is 0.943. The summed E-state index contributed by atoms with van der Waals surface area (Å²) in [6.07, 6.45) is 1.07. The van der Waals surface area contributed by atoms with Gasteiger partial charge in [0.25, 0.3) is 0 Å². The van der Waals surface area contributed by atoms with Crippen molar-refractivity contribution in [1.29, 1.82) is 0 Å². The van der Waals surface area contributed by atoms with Gasteiger partial charge in [-0.25, -0.2) is 4.39 Å². The number of ether oxygens (including phenoxy) is 1. The Kier molecular flexibility index (Phi) is 2.68. The van der Waals surface area contributed by atoms with Crippen molar-refractivity contribution in [2.24, 2.45) is 0 Å². The minimum Gasteiger partial charge on any atom is -0.491 e. The van der Waals surface area contributed by atoms with E-state index in [1.807, 2.05) is 0 Å². The molecule has 1 aromatic rings. The van der Waals surface area contributed by atoms with Gasteiger partial charge in [-0.2, -0.15) is 0 Å². The van der Waals surface area contributed by atoms with Gasteiger partial charge in [-0.05, 0) is 31.2 Å². The van der Waals surface area contributed by atoms with Crippen molar-refractivity contribution in [3.05, 3.63) is 29.6 Å². The molecule has 3 heteroatoms. The molecular formula is C11H14FNO. The van der Waals surface area contributed by atoms with Gasteiger partial charge in [-0.15, -0.1) is 0 Å². The first kappa shape index (κ1) is 9.46. The minimum atomic E-state index is -0.197. The molecule has 2 nitrogen and oxygen atoms in total. The maximum atomic E-state index is 13.0. The smallest absolute Gasteiger partial charge is 0.124 e. The van der Waals surface area contributed by atoms with Gasteiger partial charge in [0.15, 0.2) is 0 Å². The summed E-state index contributed by atoms with van der Waals surface area (Å²) in [4.78, 5) is 0. The van der Waals surface area contributed by atoms with E-state index >= 15 is 0 Å². The van der Waals surface area contributed by atoms with Crippen LogP contribution in [-0.4, -0.2) is 13.2 Å². The molecule has 0 saturated carbocycles. The van der Waals surface area contributed by atoms with Crippen molar-refractivity contribution in [3.8, 4) is 5.75 Å². The van der Waals surface area contributed by atoms with Crippen LogP contribution in [0.15, 0.2) is 18.2 Å². The van der Waals surface area contributed by atoms with Crippen LogP contribution in [0.2, 0.25) is 0 Å². The zero-order valence-corrected chi connectivity index (χ0v) is 8.22. The number of halogens is 1. The first-order valence-corrected chi connectivity index (χ1v) is 4.97. The first-order chi connectivity index (χ1) is 6.81. The fourth-order valence-corrected chi connectivity index (χ4v) is 1.67.